The van der Waals surface area contributed by atoms with Gasteiger partial charge in [-0.05, 0) is 19.8 Å². The number of allylic oxidation sites excluding steroid dienone is 1. The molecule has 0 aliphatic carbocycles. The van der Waals surface area contributed by atoms with Gasteiger partial charge in [-0.3, -0.25) is 4.79 Å². The Kier molecular flexibility index (Phi) is 6.30. The van der Waals surface area contributed by atoms with Crippen molar-refractivity contribution < 1.29 is 9.53 Å². The first-order valence-electron chi connectivity index (χ1n) is 4.50. The molecule has 80 valence electrons. The average molecular weight is 217 g/mol. The van der Waals surface area contributed by atoms with Gasteiger partial charge in [0.05, 0.1) is 18.9 Å². The molecule has 0 aliphatic rings. The van der Waals surface area contributed by atoms with Crippen LogP contribution in [0.3, 0.4) is 0 Å². The van der Waals surface area contributed by atoms with Gasteiger partial charge < -0.3 is 4.74 Å². The number of alkyl halides is 1. The number of carbonyl (C=O) groups is 1. The molecular weight excluding hydrogens is 200 g/mol. The highest BCUT2D eigenvalue weighted by Gasteiger charge is 2.08. The lowest BCUT2D eigenvalue weighted by Crippen LogP contribution is -2.04. The Morgan fingerprint density at radius 3 is 2.50 bits per heavy atom. The molecule has 2 nitrogen and oxygen atoms in total. The molecule has 0 radical (unpaired) electrons. The predicted octanol–water partition coefficient (Wildman–Crippen LogP) is 3.07. The third-order valence-electron chi connectivity index (χ3n) is 1.91. The second kappa shape index (κ2) is 6.66. The van der Waals surface area contributed by atoms with Crippen LogP contribution in [0, 0.1) is 0 Å². The van der Waals surface area contributed by atoms with E-state index >= 15 is 0 Å². The quantitative estimate of drug-likeness (QED) is 0.388. The number of methoxy groups -OCH3 is 1. The fraction of sp³-hybridized carbons (Fsp3) is 0.545. The first kappa shape index (κ1) is 13.2. The lowest BCUT2D eigenvalue weighted by molar-refractivity contribution is -0.139. The highest BCUT2D eigenvalue weighted by molar-refractivity contribution is 6.22. The minimum absolute atomic E-state index is 0.0376. The van der Waals surface area contributed by atoms with E-state index in [0.717, 1.165) is 24.0 Å². The highest BCUT2D eigenvalue weighted by atomic mass is 35.5. The van der Waals surface area contributed by atoms with Crippen LogP contribution in [0.2, 0.25) is 0 Å². The lowest BCUT2D eigenvalue weighted by atomic mass is 10.0. The van der Waals surface area contributed by atoms with Crippen molar-refractivity contribution in [2.75, 3.05) is 7.11 Å². The van der Waals surface area contributed by atoms with Crippen LogP contribution in [0.4, 0.5) is 0 Å². The van der Waals surface area contributed by atoms with Crippen LogP contribution in [0.1, 0.15) is 26.2 Å². The van der Waals surface area contributed by atoms with Gasteiger partial charge in [-0.15, -0.1) is 11.6 Å². The van der Waals surface area contributed by atoms with Gasteiger partial charge in [-0.25, -0.2) is 0 Å². The Morgan fingerprint density at radius 1 is 1.50 bits per heavy atom. The number of halogens is 1. The van der Waals surface area contributed by atoms with Gasteiger partial charge in [0.25, 0.3) is 0 Å². The Hall–Kier alpha value is -0.760. The first-order valence-corrected chi connectivity index (χ1v) is 4.94. The summed E-state index contributed by atoms with van der Waals surface area (Å²) in [6.07, 6.45) is 1.78. The number of hydrogen-bond donors (Lipinski definition) is 0. The zero-order valence-corrected chi connectivity index (χ0v) is 9.56. The van der Waals surface area contributed by atoms with Gasteiger partial charge in [0, 0.05) is 0 Å². The maximum atomic E-state index is 10.9. The number of hydrogen-bond acceptors (Lipinski definition) is 2. The molecule has 0 fully saturated rings. The summed E-state index contributed by atoms with van der Waals surface area (Å²) < 4.78 is 4.52. The van der Waals surface area contributed by atoms with Gasteiger partial charge in [-0.2, -0.15) is 0 Å². The molecule has 0 heterocycles. The minimum Gasteiger partial charge on any atom is -0.469 e. The van der Waals surface area contributed by atoms with Gasteiger partial charge in [0.15, 0.2) is 0 Å². The molecule has 0 amide bonds. The zero-order chi connectivity index (χ0) is 11.1. The van der Waals surface area contributed by atoms with Crippen LogP contribution < -0.4 is 0 Å². The fourth-order valence-electron chi connectivity index (χ4n) is 0.942. The third-order valence-corrected chi connectivity index (χ3v) is 2.50. The van der Waals surface area contributed by atoms with Crippen LogP contribution in [0.5, 0.6) is 0 Å². The first-order chi connectivity index (χ1) is 6.47. The van der Waals surface area contributed by atoms with Crippen molar-refractivity contribution in [2.45, 2.75) is 31.6 Å². The SMILES string of the molecule is C=C(CCC(Cl)C(=C)C)CC(=O)OC. The largest absolute Gasteiger partial charge is 0.469 e. The van der Waals surface area contributed by atoms with E-state index in [0.29, 0.717) is 0 Å². The molecule has 0 saturated heterocycles. The third kappa shape index (κ3) is 5.81. The topological polar surface area (TPSA) is 26.3 Å². The molecule has 14 heavy (non-hydrogen) atoms. The molecule has 0 bridgehead atoms. The van der Waals surface area contributed by atoms with Crippen molar-refractivity contribution in [3.05, 3.63) is 24.3 Å². The van der Waals surface area contributed by atoms with Crippen LogP contribution in [0.25, 0.3) is 0 Å². The van der Waals surface area contributed by atoms with E-state index in [-0.39, 0.29) is 17.8 Å². The molecule has 0 rings (SSSR count). The van der Waals surface area contributed by atoms with Crippen molar-refractivity contribution in [3.8, 4) is 0 Å². The molecule has 0 N–H and O–H groups in total. The monoisotopic (exact) mass is 216 g/mol. The average Bonchev–Trinajstić information content (AvgIpc) is 2.13. The predicted molar refractivity (Wildman–Crippen MR) is 59.5 cm³/mol. The van der Waals surface area contributed by atoms with Crippen molar-refractivity contribution >= 4 is 17.6 Å². The van der Waals surface area contributed by atoms with Gasteiger partial charge in [0.2, 0.25) is 0 Å². The lowest BCUT2D eigenvalue weighted by Gasteiger charge is -2.09. The Bertz CT molecular complexity index is 233. The second-order valence-electron chi connectivity index (χ2n) is 3.36. The summed E-state index contributed by atoms with van der Waals surface area (Å²) in [4.78, 5) is 10.9. The maximum absolute atomic E-state index is 10.9. The van der Waals surface area contributed by atoms with Crippen LogP contribution in [0.15, 0.2) is 24.3 Å². The molecule has 0 aromatic heterocycles. The number of esters is 1. The van der Waals surface area contributed by atoms with Crippen molar-refractivity contribution in [1.29, 1.82) is 0 Å². The Labute approximate surface area is 90.6 Å². The normalized spacial score (nSPS) is 11.9. The van der Waals surface area contributed by atoms with E-state index in [4.69, 9.17) is 11.6 Å². The molecular formula is C11H17ClO2. The maximum Gasteiger partial charge on any atom is 0.309 e. The van der Waals surface area contributed by atoms with E-state index in [1.807, 2.05) is 6.92 Å². The van der Waals surface area contributed by atoms with E-state index < -0.39 is 0 Å². The Balaban J connectivity index is 3.74. The molecule has 0 aromatic rings. The molecule has 0 aromatic carbocycles. The minimum atomic E-state index is -0.253. The molecule has 0 saturated carbocycles. The van der Waals surface area contributed by atoms with Gasteiger partial charge >= 0.3 is 5.97 Å². The summed E-state index contributed by atoms with van der Waals surface area (Å²) in [5, 5.41) is -0.0376. The van der Waals surface area contributed by atoms with Crippen LogP contribution in [-0.2, 0) is 9.53 Å². The molecule has 0 aliphatic heterocycles. The van der Waals surface area contributed by atoms with Crippen molar-refractivity contribution in [3.63, 3.8) is 0 Å². The van der Waals surface area contributed by atoms with Crippen molar-refractivity contribution in [1.82, 2.24) is 0 Å². The summed E-state index contributed by atoms with van der Waals surface area (Å²) in [5.74, 6) is -0.253. The number of ether oxygens (including phenoxy) is 1. The Morgan fingerprint density at radius 2 is 2.07 bits per heavy atom. The van der Waals surface area contributed by atoms with E-state index in [1.54, 1.807) is 0 Å². The summed E-state index contributed by atoms with van der Waals surface area (Å²) in [6.45, 7) is 9.43. The number of rotatable bonds is 6. The fourth-order valence-corrected chi connectivity index (χ4v) is 1.05. The standard InChI is InChI=1S/C11H17ClO2/c1-8(2)10(12)6-5-9(3)7-11(13)14-4/h10H,1,3,5-7H2,2,4H3. The second-order valence-corrected chi connectivity index (χ2v) is 3.88. The van der Waals surface area contributed by atoms with Crippen LogP contribution in [-0.4, -0.2) is 18.5 Å². The van der Waals surface area contributed by atoms with E-state index in [9.17, 15) is 4.79 Å². The zero-order valence-electron chi connectivity index (χ0n) is 8.81. The summed E-state index contributed by atoms with van der Waals surface area (Å²) in [6, 6.07) is 0. The molecule has 0 spiro atoms. The number of carbonyl (C=O) groups excluding carboxylic acids is 1. The van der Waals surface area contributed by atoms with Gasteiger partial charge in [0.1, 0.15) is 0 Å². The van der Waals surface area contributed by atoms with Crippen molar-refractivity contribution in [2.24, 2.45) is 0 Å². The summed E-state index contributed by atoms with van der Waals surface area (Å²) in [7, 11) is 1.37. The van der Waals surface area contributed by atoms with Crippen LogP contribution >= 0.6 is 11.6 Å². The van der Waals surface area contributed by atoms with Gasteiger partial charge in [-0.1, -0.05) is 24.3 Å². The molecule has 1 atom stereocenters. The summed E-state index contributed by atoms with van der Waals surface area (Å²) in [5.41, 5.74) is 1.79. The van der Waals surface area contributed by atoms with E-state index in [2.05, 4.69) is 17.9 Å². The summed E-state index contributed by atoms with van der Waals surface area (Å²) >= 11 is 5.97. The highest BCUT2D eigenvalue weighted by Crippen LogP contribution is 2.17. The smallest absolute Gasteiger partial charge is 0.309 e. The molecule has 3 heteroatoms. The molecule has 1 unspecified atom stereocenters. The van der Waals surface area contributed by atoms with E-state index in [1.165, 1.54) is 7.11 Å².